The fourth-order valence-corrected chi connectivity index (χ4v) is 5.03. The maximum atomic E-state index is 13.2. The van der Waals surface area contributed by atoms with E-state index in [1.807, 2.05) is 28.0 Å². The summed E-state index contributed by atoms with van der Waals surface area (Å²) in [5.74, 6) is 0.0475. The standard InChI is InChI=1S/C27H34N6O3/c34-25(20-4-1-5-20)30-23-18-21(26(35)33-14-10-28-11-15-33)7-8-24(23)31-12-3-13-32(17-16-31)27(36)22-6-2-9-29-19-22/h2,6-9,18-20,28H,1,3-5,10-17H2,(H,30,34). The normalized spacial score (nSPS) is 18.8. The summed E-state index contributed by atoms with van der Waals surface area (Å²) in [5.41, 5.74) is 2.76. The molecule has 9 nitrogen and oxygen atoms in total. The molecule has 1 aromatic heterocycles. The summed E-state index contributed by atoms with van der Waals surface area (Å²) in [7, 11) is 0. The Labute approximate surface area is 211 Å². The summed E-state index contributed by atoms with van der Waals surface area (Å²) in [6.45, 7) is 5.57. The molecule has 0 radical (unpaired) electrons. The van der Waals surface area contributed by atoms with Gasteiger partial charge in [-0.15, -0.1) is 0 Å². The van der Waals surface area contributed by atoms with Crippen LogP contribution < -0.4 is 15.5 Å². The van der Waals surface area contributed by atoms with Gasteiger partial charge in [0.05, 0.1) is 16.9 Å². The Kier molecular flexibility index (Phi) is 7.46. The second kappa shape index (κ2) is 11.1. The molecule has 3 aliphatic rings. The molecule has 0 spiro atoms. The molecule has 3 fully saturated rings. The summed E-state index contributed by atoms with van der Waals surface area (Å²) in [6.07, 6.45) is 6.98. The number of anilines is 2. The topological polar surface area (TPSA) is 97.9 Å². The number of nitrogens with one attached hydrogen (secondary N) is 2. The highest BCUT2D eigenvalue weighted by atomic mass is 16.2. The number of carbonyl (C=O) groups is 3. The molecular weight excluding hydrogens is 456 g/mol. The first-order chi connectivity index (χ1) is 17.6. The maximum Gasteiger partial charge on any atom is 0.255 e. The Balaban J connectivity index is 1.35. The Morgan fingerprint density at radius 2 is 1.64 bits per heavy atom. The largest absolute Gasteiger partial charge is 0.368 e. The molecule has 190 valence electrons. The number of hydrogen-bond donors (Lipinski definition) is 2. The molecule has 2 N–H and O–H groups in total. The zero-order valence-corrected chi connectivity index (χ0v) is 20.6. The Morgan fingerprint density at radius 1 is 0.861 bits per heavy atom. The van der Waals surface area contributed by atoms with E-state index in [1.54, 1.807) is 24.5 Å². The average Bonchev–Trinajstić information content (AvgIpc) is 3.14. The third-order valence-electron chi connectivity index (χ3n) is 7.41. The summed E-state index contributed by atoms with van der Waals surface area (Å²) in [4.78, 5) is 49.0. The lowest BCUT2D eigenvalue weighted by molar-refractivity contribution is -0.122. The summed E-state index contributed by atoms with van der Waals surface area (Å²) in [6, 6.07) is 9.21. The zero-order valence-electron chi connectivity index (χ0n) is 20.6. The van der Waals surface area contributed by atoms with E-state index in [1.165, 1.54) is 0 Å². The van der Waals surface area contributed by atoms with Gasteiger partial charge in [0.25, 0.3) is 11.8 Å². The number of carbonyl (C=O) groups excluding carboxylic acids is 3. The van der Waals surface area contributed by atoms with Gasteiger partial charge < -0.3 is 25.3 Å². The van der Waals surface area contributed by atoms with Crippen molar-refractivity contribution in [1.82, 2.24) is 20.1 Å². The van der Waals surface area contributed by atoms with E-state index in [9.17, 15) is 14.4 Å². The number of rotatable bonds is 5. The summed E-state index contributed by atoms with van der Waals surface area (Å²) >= 11 is 0. The molecule has 36 heavy (non-hydrogen) atoms. The van der Waals surface area contributed by atoms with Gasteiger partial charge in [0, 0.05) is 76.2 Å². The third kappa shape index (κ3) is 5.36. The van der Waals surface area contributed by atoms with Crippen LogP contribution in [0.4, 0.5) is 11.4 Å². The highest BCUT2D eigenvalue weighted by Gasteiger charge is 2.28. The molecule has 0 bridgehead atoms. The predicted molar refractivity (Wildman–Crippen MR) is 138 cm³/mol. The van der Waals surface area contributed by atoms with Crippen LogP contribution in [0.1, 0.15) is 46.4 Å². The summed E-state index contributed by atoms with van der Waals surface area (Å²) in [5, 5.41) is 6.41. The van der Waals surface area contributed by atoms with Crippen molar-refractivity contribution in [1.29, 1.82) is 0 Å². The van der Waals surface area contributed by atoms with Gasteiger partial charge in [-0.1, -0.05) is 6.42 Å². The average molecular weight is 491 g/mol. The van der Waals surface area contributed by atoms with Crippen LogP contribution in [-0.4, -0.2) is 84.9 Å². The van der Waals surface area contributed by atoms with Crippen molar-refractivity contribution in [2.24, 2.45) is 5.92 Å². The van der Waals surface area contributed by atoms with E-state index in [0.29, 0.717) is 49.5 Å². The molecule has 2 aromatic rings. The van der Waals surface area contributed by atoms with E-state index in [2.05, 4.69) is 20.5 Å². The van der Waals surface area contributed by atoms with Gasteiger partial charge in [-0.25, -0.2) is 0 Å². The SMILES string of the molecule is O=C(Nc1cc(C(=O)N2CCNCC2)ccc1N1CCCN(C(=O)c2cccnc2)CC1)C1CCC1. The van der Waals surface area contributed by atoms with E-state index in [0.717, 1.165) is 51.0 Å². The number of nitrogens with zero attached hydrogens (tertiary/aromatic N) is 4. The van der Waals surface area contributed by atoms with Crippen molar-refractivity contribution in [3.8, 4) is 0 Å². The number of benzene rings is 1. The maximum absolute atomic E-state index is 13.2. The fraction of sp³-hybridized carbons (Fsp3) is 0.481. The highest BCUT2D eigenvalue weighted by molar-refractivity contribution is 6.01. The lowest BCUT2D eigenvalue weighted by atomic mass is 9.85. The minimum atomic E-state index is -0.0135. The Bertz CT molecular complexity index is 1100. The number of amides is 3. The van der Waals surface area contributed by atoms with Crippen LogP contribution in [0.5, 0.6) is 0 Å². The van der Waals surface area contributed by atoms with Crippen molar-refractivity contribution in [3.63, 3.8) is 0 Å². The van der Waals surface area contributed by atoms with E-state index < -0.39 is 0 Å². The molecule has 1 saturated carbocycles. The van der Waals surface area contributed by atoms with Gasteiger partial charge in [0.1, 0.15) is 0 Å². The lowest BCUT2D eigenvalue weighted by Crippen LogP contribution is -2.46. The minimum Gasteiger partial charge on any atom is -0.368 e. The predicted octanol–water partition coefficient (Wildman–Crippen LogP) is 2.22. The second-order valence-corrected chi connectivity index (χ2v) is 9.77. The van der Waals surface area contributed by atoms with Crippen LogP contribution in [0.2, 0.25) is 0 Å². The Morgan fingerprint density at radius 3 is 2.36 bits per heavy atom. The van der Waals surface area contributed by atoms with Gasteiger partial charge in [-0.05, 0) is 49.6 Å². The Hall–Kier alpha value is -3.46. The van der Waals surface area contributed by atoms with Crippen LogP contribution >= 0.6 is 0 Å². The molecule has 9 heteroatoms. The van der Waals surface area contributed by atoms with Crippen molar-refractivity contribution < 1.29 is 14.4 Å². The van der Waals surface area contributed by atoms with Crippen LogP contribution in [-0.2, 0) is 4.79 Å². The van der Waals surface area contributed by atoms with Crippen molar-refractivity contribution in [2.75, 3.05) is 62.6 Å². The van der Waals surface area contributed by atoms with Gasteiger partial charge >= 0.3 is 0 Å². The van der Waals surface area contributed by atoms with E-state index in [-0.39, 0.29) is 23.6 Å². The smallest absolute Gasteiger partial charge is 0.255 e. The second-order valence-electron chi connectivity index (χ2n) is 9.77. The quantitative estimate of drug-likeness (QED) is 0.667. The van der Waals surface area contributed by atoms with Crippen LogP contribution in [0.25, 0.3) is 0 Å². The van der Waals surface area contributed by atoms with E-state index in [4.69, 9.17) is 0 Å². The minimum absolute atomic E-state index is 0.00805. The molecule has 0 unspecified atom stereocenters. The van der Waals surface area contributed by atoms with Crippen LogP contribution in [0.15, 0.2) is 42.7 Å². The molecule has 3 amide bonds. The number of aromatic nitrogens is 1. The van der Waals surface area contributed by atoms with Gasteiger partial charge in [-0.3, -0.25) is 19.4 Å². The van der Waals surface area contributed by atoms with Gasteiger partial charge in [0.2, 0.25) is 5.91 Å². The van der Waals surface area contributed by atoms with Crippen molar-refractivity contribution in [2.45, 2.75) is 25.7 Å². The van der Waals surface area contributed by atoms with Crippen molar-refractivity contribution in [3.05, 3.63) is 53.9 Å². The van der Waals surface area contributed by atoms with E-state index >= 15 is 0 Å². The molecular formula is C27H34N6O3. The number of hydrogen-bond acceptors (Lipinski definition) is 6. The number of pyridine rings is 1. The monoisotopic (exact) mass is 490 g/mol. The zero-order chi connectivity index (χ0) is 24.9. The first kappa shape index (κ1) is 24.2. The van der Waals surface area contributed by atoms with Gasteiger partial charge in [0.15, 0.2) is 0 Å². The molecule has 1 aromatic carbocycles. The molecule has 5 rings (SSSR count). The highest BCUT2D eigenvalue weighted by Crippen LogP contribution is 2.32. The number of piperazine rings is 1. The molecule has 2 aliphatic heterocycles. The lowest BCUT2D eigenvalue weighted by Gasteiger charge is -2.30. The molecule has 2 saturated heterocycles. The first-order valence-corrected chi connectivity index (χ1v) is 13.0. The third-order valence-corrected chi connectivity index (χ3v) is 7.41. The van der Waals surface area contributed by atoms with Crippen LogP contribution in [0, 0.1) is 5.92 Å². The van der Waals surface area contributed by atoms with Gasteiger partial charge in [-0.2, -0.15) is 0 Å². The molecule has 0 atom stereocenters. The summed E-state index contributed by atoms with van der Waals surface area (Å²) < 4.78 is 0. The fourth-order valence-electron chi connectivity index (χ4n) is 5.03. The first-order valence-electron chi connectivity index (χ1n) is 13.0. The molecule has 3 heterocycles. The van der Waals surface area contributed by atoms with Crippen molar-refractivity contribution >= 4 is 29.1 Å². The van der Waals surface area contributed by atoms with Crippen LogP contribution in [0.3, 0.4) is 0 Å². The molecule has 1 aliphatic carbocycles.